The second-order valence-electron chi connectivity index (χ2n) is 14.9. The summed E-state index contributed by atoms with van der Waals surface area (Å²) in [6, 6.07) is 104. The number of rotatable bonds is 8. The minimum atomic E-state index is -1.91. The van der Waals surface area contributed by atoms with E-state index in [0.29, 0.717) is 0 Å². The molecule has 0 bridgehead atoms. The fraction of sp³-hybridized carbons (Fsp3) is 0. The first-order valence-corrected chi connectivity index (χ1v) is 28.5. The van der Waals surface area contributed by atoms with Gasteiger partial charge in [-0.15, -0.1) is 0 Å². The molecule has 0 fully saturated rings. The Bertz CT molecular complexity index is 2360. The fourth-order valence-electron chi connectivity index (χ4n) is 7.90. The molecule has 0 aromatic heterocycles. The average Bonchev–Trinajstić information content (AvgIpc) is 3.40. The van der Waals surface area contributed by atoms with Gasteiger partial charge in [0, 0.05) is 0 Å². The van der Waals surface area contributed by atoms with Gasteiger partial charge >= 0.3 is 147 Å². The molecule has 0 saturated heterocycles. The molecule has 10 aromatic rings. The third-order valence-electron chi connectivity index (χ3n) is 10.8. The van der Waals surface area contributed by atoms with Gasteiger partial charge < -0.3 is 0 Å². The van der Waals surface area contributed by atoms with E-state index in [9.17, 15) is 0 Å². The van der Waals surface area contributed by atoms with Gasteiger partial charge in [0.2, 0.25) is 0 Å². The molecule has 0 atom stereocenters. The van der Waals surface area contributed by atoms with Crippen molar-refractivity contribution in [2.24, 2.45) is 0 Å². The van der Waals surface area contributed by atoms with Gasteiger partial charge in [0.1, 0.15) is 57.0 Å². The molecule has 0 nitrogen and oxygen atoms in total. The molecule has 0 aliphatic rings. The monoisotopic (exact) mass is 1210 g/mol. The van der Waals surface area contributed by atoms with Crippen molar-refractivity contribution < 1.29 is 16.5 Å². The Morgan fingerprint density at radius 3 is 0.373 bits per heavy atom. The molecule has 67 heavy (non-hydrogen) atoms. The zero-order chi connectivity index (χ0) is 45.9. The number of hydrogen-bond acceptors (Lipinski definition) is 0. The zero-order valence-corrected chi connectivity index (χ0v) is 46.2. The largest absolute Gasteiger partial charge is 0.144 e. The van der Waals surface area contributed by atoms with E-state index in [2.05, 4.69) is 307 Å². The van der Waals surface area contributed by atoms with Crippen LogP contribution in [0.4, 0.5) is 0 Å². The standard InChI is InChI=1S/2C24H20P.2C6H6Se2.Ni/c2*1-5-13-21(14-6-1)25(22-15-7-2-8-16-22,23-17-9-3-10-18-23)24-19-11-4-12-20-24;2*7-5-3-1-2-4-6(5)8;/h2*1-20H;2*1-4,7-8H;/q2*+1;;;+2/p-4. The Morgan fingerprint density at radius 2 is 0.269 bits per heavy atom. The molecule has 332 valence electrons. The van der Waals surface area contributed by atoms with E-state index in [0.717, 1.165) is 0 Å². The van der Waals surface area contributed by atoms with Crippen molar-refractivity contribution in [1.82, 2.24) is 0 Å². The quantitative estimate of drug-likeness (QED) is 0.112. The van der Waals surface area contributed by atoms with E-state index in [1.807, 2.05) is 48.5 Å². The summed E-state index contributed by atoms with van der Waals surface area (Å²) in [7, 11) is -3.81. The van der Waals surface area contributed by atoms with Gasteiger partial charge in [-0.1, -0.05) is 146 Å². The van der Waals surface area contributed by atoms with E-state index < -0.39 is 14.5 Å². The Balaban J connectivity index is 0.000000165. The minimum absolute atomic E-state index is 0. The maximum atomic E-state index is 2.94. The van der Waals surface area contributed by atoms with Gasteiger partial charge in [0.05, 0.1) is 0 Å². The molecular weight excluding hydrogens is 1160 g/mol. The molecule has 10 rings (SSSR count). The first kappa shape index (κ1) is 52.0. The molecule has 0 saturated carbocycles. The van der Waals surface area contributed by atoms with Crippen LogP contribution in [0.25, 0.3) is 0 Å². The van der Waals surface area contributed by atoms with E-state index in [1.165, 1.54) is 60.3 Å². The molecule has 0 spiro atoms. The third-order valence-corrected chi connectivity index (χ3v) is 23.7. The molecule has 0 amide bonds. The first-order valence-electron chi connectivity index (χ1n) is 21.5. The van der Waals surface area contributed by atoms with Gasteiger partial charge in [0.15, 0.2) is 0 Å². The summed E-state index contributed by atoms with van der Waals surface area (Å²) in [6.45, 7) is 0. The molecule has 0 heterocycles. The van der Waals surface area contributed by atoms with Crippen LogP contribution in [-0.2, 0) is 16.5 Å². The summed E-state index contributed by atoms with van der Waals surface area (Å²) in [5, 5.41) is 11.1. The van der Waals surface area contributed by atoms with Gasteiger partial charge in [-0.2, -0.15) is 0 Å². The van der Waals surface area contributed by atoms with Gasteiger partial charge in [-0.3, -0.25) is 0 Å². The van der Waals surface area contributed by atoms with Crippen molar-refractivity contribution in [3.05, 3.63) is 291 Å². The van der Waals surface area contributed by atoms with Crippen LogP contribution in [0.2, 0.25) is 0 Å². The van der Waals surface area contributed by atoms with Crippen LogP contribution in [0.3, 0.4) is 0 Å². The van der Waals surface area contributed by atoms with Gasteiger partial charge in [0.25, 0.3) is 0 Å². The van der Waals surface area contributed by atoms with Crippen LogP contribution in [0.5, 0.6) is 0 Å². The fourth-order valence-corrected chi connectivity index (χ4v) is 17.7. The molecule has 0 aliphatic heterocycles. The van der Waals surface area contributed by atoms with Crippen molar-refractivity contribution in [2.75, 3.05) is 0 Å². The van der Waals surface area contributed by atoms with Crippen LogP contribution in [0, 0.1) is 0 Å². The Labute approximate surface area is 442 Å². The smallest absolute Gasteiger partial charge is 0.0620 e. The van der Waals surface area contributed by atoms with Crippen LogP contribution in [0.1, 0.15) is 0 Å². The number of benzene rings is 10. The first-order chi connectivity index (χ1) is 32.5. The second kappa shape index (κ2) is 27.0. The molecule has 0 radical (unpaired) electrons. The molecule has 0 unspecified atom stereocenters. The zero-order valence-electron chi connectivity index (χ0n) is 36.6. The summed E-state index contributed by atoms with van der Waals surface area (Å²) < 4.78 is 4.75. The average molecular weight is 1210 g/mol. The predicted octanol–water partition coefficient (Wildman–Crippen LogP) is 7.16. The summed E-state index contributed by atoms with van der Waals surface area (Å²) >= 11 is 11.8. The molecular formula is C60H48NiP2Se4. The van der Waals surface area contributed by atoms with E-state index >= 15 is 0 Å². The van der Waals surface area contributed by atoms with E-state index in [4.69, 9.17) is 0 Å². The van der Waals surface area contributed by atoms with Crippen LogP contribution >= 0.6 is 14.5 Å². The van der Waals surface area contributed by atoms with Crippen molar-refractivity contribution in [3.63, 3.8) is 0 Å². The Morgan fingerprint density at radius 1 is 0.164 bits per heavy atom. The molecule has 0 N–H and O–H groups in total. The summed E-state index contributed by atoms with van der Waals surface area (Å²) in [4.78, 5) is 0. The minimum Gasteiger partial charge on any atom is -0.0620 e. The van der Waals surface area contributed by atoms with Crippen molar-refractivity contribution in [1.29, 1.82) is 0 Å². The molecule has 7 heteroatoms. The summed E-state index contributed by atoms with van der Waals surface area (Å²) in [5.41, 5.74) is 0. The van der Waals surface area contributed by atoms with Crippen LogP contribution in [0.15, 0.2) is 291 Å². The maximum absolute atomic E-state index is 2.94. The number of hydrogen-bond donors (Lipinski definition) is 0. The normalized spacial score (nSPS) is 10.5. The van der Waals surface area contributed by atoms with Crippen molar-refractivity contribution in [2.45, 2.75) is 0 Å². The Hall–Kier alpha value is -4.37. The maximum Gasteiger partial charge on any atom is 0.144 e. The van der Waals surface area contributed by atoms with Gasteiger partial charge in [-0.25, -0.2) is 0 Å². The topological polar surface area (TPSA) is 0 Å². The SMILES string of the molecule is [Ni+2].[Se-]c1ccccc1[Se-].[Se-]c1ccccc1[Se-].c1ccc([P+](c2ccccc2)(c2ccccc2)c2ccccc2)cc1.c1ccc([P+](c2ccccc2)(c2ccccc2)c2ccccc2)cc1. The van der Waals surface area contributed by atoms with E-state index in [1.54, 1.807) is 0 Å². The van der Waals surface area contributed by atoms with Crippen molar-refractivity contribution in [3.8, 4) is 0 Å². The second-order valence-corrected chi connectivity index (χ2v) is 25.4. The third kappa shape index (κ3) is 13.0. The predicted molar refractivity (Wildman–Crippen MR) is 297 cm³/mol. The van der Waals surface area contributed by atoms with Crippen molar-refractivity contribution >= 4 is 139 Å². The summed E-state index contributed by atoms with van der Waals surface area (Å²) in [5.74, 6) is 0. The van der Waals surface area contributed by atoms with Crippen LogP contribution < -0.4 is 60.3 Å². The molecule has 0 aliphatic carbocycles. The van der Waals surface area contributed by atoms with E-state index in [-0.39, 0.29) is 16.5 Å². The van der Waals surface area contributed by atoms with Gasteiger partial charge in [-0.05, 0) is 97.1 Å². The summed E-state index contributed by atoms with van der Waals surface area (Å²) in [6.07, 6.45) is 0. The molecule has 10 aromatic carbocycles. The van der Waals surface area contributed by atoms with Crippen LogP contribution in [-0.4, -0.2) is 64.1 Å². The Kier molecular flexibility index (Phi) is 20.9.